The third kappa shape index (κ3) is 3.27. The van der Waals surface area contributed by atoms with Gasteiger partial charge in [0, 0.05) is 18.5 Å². The zero-order valence-electron chi connectivity index (χ0n) is 11.6. The first-order chi connectivity index (χ1) is 9.84. The van der Waals surface area contributed by atoms with Crippen molar-refractivity contribution in [2.45, 2.75) is 30.9 Å². The number of aliphatic hydroxyl groups is 1. The van der Waals surface area contributed by atoms with E-state index in [1.54, 1.807) is 0 Å². The second-order valence-corrected chi connectivity index (χ2v) is 5.55. The van der Waals surface area contributed by atoms with Gasteiger partial charge in [0.2, 0.25) is 0 Å². The van der Waals surface area contributed by atoms with Crippen molar-refractivity contribution in [3.8, 4) is 0 Å². The largest absolute Gasteiger partial charge is 0.391 e. The van der Waals surface area contributed by atoms with Crippen LogP contribution >= 0.6 is 0 Å². The molecule has 0 amide bonds. The highest BCUT2D eigenvalue weighted by atomic mass is 16.3. The fourth-order valence-electron chi connectivity index (χ4n) is 2.65. The van der Waals surface area contributed by atoms with Crippen LogP contribution in [0.25, 0.3) is 0 Å². The second kappa shape index (κ2) is 6.21. The molecular weight excluding hydrogens is 246 g/mol. The third-order valence-electron chi connectivity index (χ3n) is 3.90. The molecule has 20 heavy (non-hydrogen) atoms. The van der Waals surface area contributed by atoms with Gasteiger partial charge < -0.3 is 10.4 Å². The molecule has 0 spiro atoms. The molecular formula is C18H21NO. The van der Waals surface area contributed by atoms with E-state index >= 15 is 0 Å². The minimum absolute atomic E-state index is 0.0312. The molecule has 1 aliphatic rings. The monoisotopic (exact) mass is 267 g/mol. The highest BCUT2D eigenvalue weighted by molar-refractivity contribution is 5.33. The van der Waals surface area contributed by atoms with Crippen LogP contribution in [0.4, 0.5) is 0 Å². The summed E-state index contributed by atoms with van der Waals surface area (Å²) in [4.78, 5) is 0. The van der Waals surface area contributed by atoms with Gasteiger partial charge in [0.1, 0.15) is 0 Å². The maximum absolute atomic E-state index is 10.6. The molecule has 1 aliphatic carbocycles. The van der Waals surface area contributed by atoms with E-state index in [2.05, 4.69) is 29.6 Å². The van der Waals surface area contributed by atoms with Gasteiger partial charge in [0.25, 0.3) is 0 Å². The maximum atomic E-state index is 10.6. The summed E-state index contributed by atoms with van der Waals surface area (Å²) in [5, 5.41) is 14.1. The molecule has 2 N–H and O–H groups in total. The molecule has 104 valence electrons. The van der Waals surface area contributed by atoms with Crippen molar-refractivity contribution < 1.29 is 5.11 Å². The van der Waals surface area contributed by atoms with Crippen molar-refractivity contribution in [1.82, 2.24) is 5.32 Å². The lowest BCUT2D eigenvalue weighted by atomic mass is 9.86. The Kier molecular flexibility index (Phi) is 4.14. The number of hydrogen-bond donors (Lipinski definition) is 2. The van der Waals surface area contributed by atoms with Crippen LogP contribution in [0.2, 0.25) is 0 Å². The van der Waals surface area contributed by atoms with Crippen LogP contribution in [0, 0.1) is 0 Å². The van der Waals surface area contributed by atoms with E-state index in [0.29, 0.717) is 12.6 Å². The first-order valence-corrected chi connectivity index (χ1v) is 7.36. The molecule has 0 aliphatic heterocycles. The van der Waals surface area contributed by atoms with Crippen LogP contribution in [-0.4, -0.2) is 23.8 Å². The van der Waals surface area contributed by atoms with E-state index in [1.165, 1.54) is 24.0 Å². The van der Waals surface area contributed by atoms with Crippen molar-refractivity contribution in [2.75, 3.05) is 6.54 Å². The van der Waals surface area contributed by atoms with Crippen molar-refractivity contribution in [1.29, 1.82) is 0 Å². The number of benzene rings is 2. The summed E-state index contributed by atoms with van der Waals surface area (Å²) in [6.07, 6.45) is 2.09. The van der Waals surface area contributed by atoms with E-state index in [9.17, 15) is 5.11 Å². The molecule has 1 unspecified atom stereocenters. The number of rotatable bonds is 6. The summed E-state index contributed by atoms with van der Waals surface area (Å²) in [6, 6.07) is 21.2. The molecule has 2 aromatic carbocycles. The molecule has 1 saturated carbocycles. The SMILES string of the molecule is OC(CNC1CC1)C(c1ccccc1)c1ccccc1. The van der Waals surface area contributed by atoms with E-state index in [0.717, 1.165) is 0 Å². The van der Waals surface area contributed by atoms with Gasteiger partial charge in [-0.2, -0.15) is 0 Å². The summed E-state index contributed by atoms with van der Waals surface area (Å²) < 4.78 is 0. The zero-order valence-corrected chi connectivity index (χ0v) is 11.6. The summed E-state index contributed by atoms with van der Waals surface area (Å²) in [5.74, 6) is 0.0312. The molecule has 0 bridgehead atoms. The molecule has 2 heteroatoms. The van der Waals surface area contributed by atoms with Gasteiger partial charge in [-0.15, -0.1) is 0 Å². The summed E-state index contributed by atoms with van der Waals surface area (Å²) in [7, 11) is 0. The lowest BCUT2D eigenvalue weighted by molar-refractivity contribution is 0.153. The Morgan fingerprint density at radius 2 is 1.40 bits per heavy atom. The van der Waals surface area contributed by atoms with Crippen molar-refractivity contribution in [2.24, 2.45) is 0 Å². The quantitative estimate of drug-likeness (QED) is 0.843. The smallest absolute Gasteiger partial charge is 0.0773 e. The average molecular weight is 267 g/mol. The molecule has 1 fully saturated rings. The summed E-state index contributed by atoms with van der Waals surface area (Å²) >= 11 is 0. The van der Waals surface area contributed by atoms with Crippen LogP contribution in [0.1, 0.15) is 29.9 Å². The fraction of sp³-hybridized carbons (Fsp3) is 0.333. The minimum atomic E-state index is -0.402. The number of hydrogen-bond acceptors (Lipinski definition) is 2. The van der Waals surface area contributed by atoms with Gasteiger partial charge in [-0.25, -0.2) is 0 Å². The first kappa shape index (κ1) is 13.3. The zero-order chi connectivity index (χ0) is 13.8. The van der Waals surface area contributed by atoms with Gasteiger partial charge in [0.05, 0.1) is 6.10 Å². The Balaban J connectivity index is 1.82. The normalized spacial score (nSPS) is 16.3. The molecule has 2 nitrogen and oxygen atoms in total. The van der Waals surface area contributed by atoms with Gasteiger partial charge in [0.15, 0.2) is 0 Å². The van der Waals surface area contributed by atoms with Crippen LogP contribution in [0.15, 0.2) is 60.7 Å². The van der Waals surface area contributed by atoms with Gasteiger partial charge in [-0.05, 0) is 24.0 Å². The van der Waals surface area contributed by atoms with Crippen molar-refractivity contribution in [3.05, 3.63) is 71.8 Å². The Morgan fingerprint density at radius 1 is 0.900 bits per heavy atom. The van der Waals surface area contributed by atoms with E-state index < -0.39 is 6.10 Å². The Hall–Kier alpha value is -1.64. The molecule has 0 radical (unpaired) electrons. The highest BCUT2D eigenvalue weighted by Gasteiger charge is 2.26. The Labute approximate surface area is 120 Å². The topological polar surface area (TPSA) is 32.3 Å². The van der Waals surface area contributed by atoms with E-state index in [4.69, 9.17) is 0 Å². The second-order valence-electron chi connectivity index (χ2n) is 5.55. The van der Waals surface area contributed by atoms with Crippen molar-refractivity contribution in [3.63, 3.8) is 0 Å². The van der Waals surface area contributed by atoms with Crippen LogP contribution in [0.5, 0.6) is 0 Å². The molecule has 2 aromatic rings. The lowest BCUT2D eigenvalue weighted by Gasteiger charge is -2.24. The van der Waals surface area contributed by atoms with E-state index in [1.807, 2.05) is 36.4 Å². The molecule has 1 atom stereocenters. The van der Waals surface area contributed by atoms with Crippen LogP contribution in [-0.2, 0) is 0 Å². The van der Waals surface area contributed by atoms with Crippen molar-refractivity contribution >= 4 is 0 Å². The minimum Gasteiger partial charge on any atom is -0.391 e. The van der Waals surface area contributed by atoms with Gasteiger partial charge in [-0.1, -0.05) is 60.7 Å². The Morgan fingerprint density at radius 3 is 1.85 bits per heavy atom. The summed E-state index contributed by atoms with van der Waals surface area (Å²) in [6.45, 7) is 0.652. The molecule has 3 rings (SSSR count). The lowest BCUT2D eigenvalue weighted by Crippen LogP contribution is -2.33. The standard InChI is InChI=1S/C18H21NO/c20-17(13-19-16-11-12-16)18(14-7-3-1-4-8-14)15-9-5-2-6-10-15/h1-10,16-20H,11-13H2. The number of nitrogens with one attached hydrogen (secondary N) is 1. The maximum Gasteiger partial charge on any atom is 0.0773 e. The highest BCUT2D eigenvalue weighted by Crippen LogP contribution is 2.28. The first-order valence-electron chi connectivity index (χ1n) is 7.36. The third-order valence-corrected chi connectivity index (χ3v) is 3.90. The predicted octanol–water partition coefficient (Wildman–Crippen LogP) is 2.93. The Bertz CT molecular complexity index is 482. The molecule has 0 aromatic heterocycles. The van der Waals surface area contributed by atoms with Crippen LogP contribution < -0.4 is 5.32 Å². The summed E-state index contributed by atoms with van der Waals surface area (Å²) in [5.41, 5.74) is 2.34. The molecule has 0 heterocycles. The van der Waals surface area contributed by atoms with E-state index in [-0.39, 0.29) is 5.92 Å². The van der Waals surface area contributed by atoms with Gasteiger partial charge in [-0.3, -0.25) is 0 Å². The predicted molar refractivity (Wildman–Crippen MR) is 81.8 cm³/mol. The van der Waals surface area contributed by atoms with Crippen LogP contribution in [0.3, 0.4) is 0 Å². The van der Waals surface area contributed by atoms with Gasteiger partial charge >= 0.3 is 0 Å². The fourth-order valence-corrected chi connectivity index (χ4v) is 2.65. The average Bonchev–Trinajstić information content (AvgIpc) is 3.32. The number of aliphatic hydroxyl groups excluding tert-OH is 1. The molecule has 0 saturated heterocycles.